The summed E-state index contributed by atoms with van der Waals surface area (Å²) in [5.74, 6) is 0.491. The number of ether oxygens (including phenoxy) is 1. The number of cyclic esters (lactones) is 1. The van der Waals surface area contributed by atoms with Gasteiger partial charge in [-0.2, -0.15) is 0 Å². The van der Waals surface area contributed by atoms with Crippen LogP contribution in [0.25, 0.3) is 0 Å². The van der Waals surface area contributed by atoms with E-state index in [0.717, 1.165) is 25.7 Å². The summed E-state index contributed by atoms with van der Waals surface area (Å²) < 4.78 is 5.61. The smallest absolute Gasteiger partial charge is 0.330 e. The lowest BCUT2D eigenvalue weighted by Gasteiger charge is -2.20. The lowest BCUT2D eigenvalue weighted by atomic mass is 9.97. The maximum atomic E-state index is 11.8. The first-order chi connectivity index (χ1) is 9.22. The highest BCUT2D eigenvalue weighted by Gasteiger charge is 2.15. The molecule has 2 heteroatoms. The van der Waals surface area contributed by atoms with Gasteiger partial charge in [-0.15, -0.1) is 0 Å². The zero-order chi connectivity index (χ0) is 13.9. The molecule has 0 spiro atoms. The Balaban J connectivity index is 2.49. The number of carbonyl (C=O) groups excluding carboxylic acids is 1. The molecule has 2 atom stereocenters. The van der Waals surface area contributed by atoms with Gasteiger partial charge in [0.1, 0.15) is 6.10 Å². The SMILES string of the molecule is CCC(C)CC1CCCCCCCCC=CC(=O)O1. The van der Waals surface area contributed by atoms with Gasteiger partial charge in [0.15, 0.2) is 0 Å². The Morgan fingerprint density at radius 1 is 1.21 bits per heavy atom. The molecule has 1 aliphatic heterocycles. The molecule has 0 radical (unpaired) electrons. The van der Waals surface area contributed by atoms with E-state index in [4.69, 9.17) is 4.74 Å². The molecule has 0 aromatic rings. The summed E-state index contributed by atoms with van der Waals surface area (Å²) >= 11 is 0. The number of hydrogen-bond donors (Lipinski definition) is 0. The Morgan fingerprint density at radius 2 is 1.89 bits per heavy atom. The molecule has 2 nitrogen and oxygen atoms in total. The Hall–Kier alpha value is -0.790. The van der Waals surface area contributed by atoms with Gasteiger partial charge >= 0.3 is 5.97 Å². The standard InChI is InChI=1S/C17H30O2/c1-3-15(2)14-16-12-10-8-6-4-5-7-9-11-13-17(18)19-16/h11,13,15-16H,3-10,12,14H2,1-2H3. The molecule has 0 N–H and O–H groups in total. The zero-order valence-electron chi connectivity index (χ0n) is 12.7. The first-order valence-electron chi connectivity index (χ1n) is 8.09. The molecule has 0 aromatic heterocycles. The monoisotopic (exact) mass is 266 g/mol. The first kappa shape index (κ1) is 16.3. The van der Waals surface area contributed by atoms with Gasteiger partial charge in [-0.05, 0) is 38.0 Å². The molecule has 19 heavy (non-hydrogen) atoms. The number of carbonyl (C=O) groups is 1. The molecule has 0 bridgehead atoms. The second-order valence-corrected chi connectivity index (χ2v) is 5.91. The fraction of sp³-hybridized carbons (Fsp3) is 0.824. The molecular formula is C17H30O2. The van der Waals surface area contributed by atoms with Crippen molar-refractivity contribution in [3.8, 4) is 0 Å². The molecule has 110 valence electrons. The van der Waals surface area contributed by atoms with Gasteiger partial charge in [0.2, 0.25) is 0 Å². The van der Waals surface area contributed by atoms with Crippen LogP contribution in [0.2, 0.25) is 0 Å². The molecule has 1 aliphatic rings. The van der Waals surface area contributed by atoms with E-state index in [1.807, 2.05) is 6.08 Å². The van der Waals surface area contributed by atoms with Crippen LogP contribution in [-0.4, -0.2) is 12.1 Å². The van der Waals surface area contributed by atoms with Gasteiger partial charge in [-0.3, -0.25) is 0 Å². The van der Waals surface area contributed by atoms with E-state index in [2.05, 4.69) is 13.8 Å². The van der Waals surface area contributed by atoms with Gasteiger partial charge in [0.25, 0.3) is 0 Å². The minimum atomic E-state index is -0.146. The van der Waals surface area contributed by atoms with Gasteiger partial charge in [-0.25, -0.2) is 4.79 Å². The van der Waals surface area contributed by atoms with Crippen molar-refractivity contribution in [2.45, 2.75) is 84.2 Å². The van der Waals surface area contributed by atoms with Crippen molar-refractivity contribution in [1.82, 2.24) is 0 Å². The van der Waals surface area contributed by atoms with Crippen LogP contribution in [0.15, 0.2) is 12.2 Å². The van der Waals surface area contributed by atoms with Gasteiger partial charge in [-0.1, -0.05) is 52.0 Å². The van der Waals surface area contributed by atoms with E-state index in [1.165, 1.54) is 38.5 Å². The predicted molar refractivity (Wildman–Crippen MR) is 80.0 cm³/mol. The van der Waals surface area contributed by atoms with Crippen LogP contribution in [0.3, 0.4) is 0 Å². The van der Waals surface area contributed by atoms with Gasteiger partial charge in [0, 0.05) is 6.08 Å². The van der Waals surface area contributed by atoms with E-state index in [1.54, 1.807) is 6.08 Å². The van der Waals surface area contributed by atoms with E-state index in [9.17, 15) is 4.79 Å². The van der Waals surface area contributed by atoms with E-state index in [-0.39, 0.29) is 12.1 Å². The molecule has 2 unspecified atom stereocenters. The third kappa shape index (κ3) is 8.07. The average Bonchev–Trinajstić information content (AvgIpc) is 2.41. The van der Waals surface area contributed by atoms with Crippen LogP contribution in [0.5, 0.6) is 0 Å². The van der Waals surface area contributed by atoms with Crippen LogP contribution < -0.4 is 0 Å². The largest absolute Gasteiger partial charge is 0.459 e. The minimum absolute atomic E-state index is 0.118. The summed E-state index contributed by atoms with van der Waals surface area (Å²) in [6, 6.07) is 0. The lowest BCUT2D eigenvalue weighted by Crippen LogP contribution is -2.19. The van der Waals surface area contributed by atoms with Crippen molar-refractivity contribution in [2.75, 3.05) is 0 Å². The molecule has 0 aliphatic carbocycles. The molecule has 0 saturated carbocycles. The highest BCUT2D eigenvalue weighted by Crippen LogP contribution is 2.19. The summed E-state index contributed by atoms with van der Waals surface area (Å²) in [5, 5.41) is 0. The van der Waals surface area contributed by atoms with Crippen molar-refractivity contribution in [3.63, 3.8) is 0 Å². The minimum Gasteiger partial charge on any atom is -0.459 e. The summed E-state index contributed by atoms with van der Waals surface area (Å²) in [7, 11) is 0. The van der Waals surface area contributed by atoms with Gasteiger partial charge in [0.05, 0.1) is 0 Å². The van der Waals surface area contributed by atoms with E-state index in [0.29, 0.717) is 5.92 Å². The van der Waals surface area contributed by atoms with Crippen molar-refractivity contribution < 1.29 is 9.53 Å². The van der Waals surface area contributed by atoms with Crippen molar-refractivity contribution in [1.29, 1.82) is 0 Å². The number of allylic oxidation sites excluding steroid dienone is 1. The van der Waals surface area contributed by atoms with Crippen LogP contribution >= 0.6 is 0 Å². The quantitative estimate of drug-likeness (QED) is 0.670. The van der Waals surface area contributed by atoms with Crippen molar-refractivity contribution >= 4 is 5.97 Å². The fourth-order valence-electron chi connectivity index (χ4n) is 2.56. The second kappa shape index (κ2) is 10.1. The molecule has 1 heterocycles. The van der Waals surface area contributed by atoms with E-state index < -0.39 is 0 Å². The van der Waals surface area contributed by atoms with Crippen LogP contribution in [0, 0.1) is 5.92 Å². The third-order valence-electron chi connectivity index (χ3n) is 4.05. The Morgan fingerprint density at radius 3 is 2.63 bits per heavy atom. The molecule has 0 fully saturated rings. The Bertz CT molecular complexity index is 270. The third-order valence-corrected chi connectivity index (χ3v) is 4.05. The molecular weight excluding hydrogens is 236 g/mol. The van der Waals surface area contributed by atoms with Crippen LogP contribution in [0.4, 0.5) is 0 Å². The van der Waals surface area contributed by atoms with Crippen LogP contribution in [-0.2, 0) is 9.53 Å². The molecule has 0 amide bonds. The predicted octanol–water partition coefficient (Wildman–Crippen LogP) is 5.03. The second-order valence-electron chi connectivity index (χ2n) is 5.91. The van der Waals surface area contributed by atoms with Crippen molar-refractivity contribution in [3.05, 3.63) is 12.2 Å². The summed E-state index contributed by atoms with van der Waals surface area (Å²) in [4.78, 5) is 11.8. The zero-order valence-corrected chi connectivity index (χ0v) is 12.7. The fourth-order valence-corrected chi connectivity index (χ4v) is 2.56. The Labute approximate surface area is 118 Å². The van der Waals surface area contributed by atoms with Crippen molar-refractivity contribution in [2.24, 2.45) is 5.92 Å². The topological polar surface area (TPSA) is 26.3 Å². The number of rotatable bonds is 3. The summed E-state index contributed by atoms with van der Waals surface area (Å²) in [6.45, 7) is 4.44. The number of hydrogen-bond acceptors (Lipinski definition) is 2. The molecule has 0 aromatic carbocycles. The van der Waals surface area contributed by atoms with Crippen LogP contribution in [0.1, 0.15) is 78.1 Å². The first-order valence-corrected chi connectivity index (χ1v) is 8.09. The Kier molecular flexibility index (Phi) is 8.61. The molecule has 1 rings (SSSR count). The summed E-state index contributed by atoms with van der Waals surface area (Å²) in [5.41, 5.74) is 0. The maximum Gasteiger partial charge on any atom is 0.330 e. The average molecular weight is 266 g/mol. The highest BCUT2D eigenvalue weighted by molar-refractivity contribution is 5.82. The maximum absolute atomic E-state index is 11.8. The summed E-state index contributed by atoms with van der Waals surface area (Å²) in [6.07, 6.45) is 15.5. The highest BCUT2D eigenvalue weighted by atomic mass is 16.5. The lowest BCUT2D eigenvalue weighted by molar-refractivity contribution is -0.144. The number of esters is 1. The van der Waals surface area contributed by atoms with E-state index >= 15 is 0 Å². The van der Waals surface area contributed by atoms with Gasteiger partial charge < -0.3 is 4.74 Å². The molecule has 0 saturated heterocycles. The normalized spacial score (nSPS) is 24.7.